The Hall–Kier alpha value is -0.870. The highest BCUT2D eigenvalue weighted by molar-refractivity contribution is 7.10. The van der Waals surface area contributed by atoms with Crippen molar-refractivity contribution in [2.45, 2.75) is 39.2 Å². The lowest BCUT2D eigenvalue weighted by atomic mass is 9.77. The van der Waals surface area contributed by atoms with Gasteiger partial charge in [0.25, 0.3) is 0 Å². The number of carbonyl (C=O) groups is 1. The van der Waals surface area contributed by atoms with Crippen molar-refractivity contribution in [1.29, 1.82) is 0 Å². The van der Waals surface area contributed by atoms with Gasteiger partial charge in [-0.1, -0.05) is 13.0 Å². The second kappa shape index (κ2) is 5.85. The first-order valence-electron chi connectivity index (χ1n) is 6.73. The lowest BCUT2D eigenvalue weighted by molar-refractivity contribution is -0.133. The molecule has 2 unspecified atom stereocenters. The molecule has 0 aliphatic carbocycles. The average Bonchev–Trinajstić information content (AvgIpc) is 2.93. The molecule has 0 spiro atoms. The van der Waals surface area contributed by atoms with Gasteiger partial charge in [-0.05, 0) is 44.2 Å². The van der Waals surface area contributed by atoms with Crippen LogP contribution in [0.3, 0.4) is 0 Å². The molecule has 0 bridgehead atoms. The van der Waals surface area contributed by atoms with Gasteiger partial charge in [-0.15, -0.1) is 11.3 Å². The molecule has 2 N–H and O–H groups in total. The fourth-order valence-electron chi connectivity index (χ4n) is 2.58. The van der Waals surface area contributed by atoms with Gasteiger partial charge in [-0.2, -0.15) is 0 Å². The molecule has 100 valence electrons. The summed E-state index contributed by atoms with van der Waals surface area (Å²) in [5.41, 5.74) is -0.205. The van der Waals surface area contributed by atoms with Crippen molar-refractivity contribution in [3.05, 3.63) is 22.4 Å². The number of nitrogens with one attached hydrogen (secondary N) is 2. The van der Waals surface area contributed by atoms with E-state index in [2.05, 4.69) is 35.9 Å². The van der Waals surface area contributed by atoms with Crippen LogP contribution in [0.15, 0.2) is 17.5 Å². The first-order chi connectivity index (χ1) is 8.68. The van der Waals surface area contributed by atoms with Gasteiger partial charge < -0.3 is 10.6 Å². The standard InChI is InChI=1S/C14H22N2OS/c1-3-14(7-5-8-15-10-14)13(17)16-11(2)12-6-4-9-18-12/h4,6,9,11,15H,3,5,7-8,10H2,1-2H3,(H,16,17). The summed E-state index contributed by atoms with van der Waals surface area (Å²) in [6, 6.07) is 4.22. The maximum atomic E-state index is 12.5. The Morgan fingerprint density at radius 2 is 2.50 bits per heavy atom. The summed E-state index contributed by atoms with van der Waals surface area (Å²) < 4.78 is 0. The number of thiophene rings is 1. The summed E-state index contributed by atoms with van der Waals surface area (Å²) in [6.45, 7) is 6.02. The largest absolute Gasteiger partial charge is 0.348 e. The lowest BCUT2D eigenvalue weighted by Crippen LogP contribution is -2.50. The van der Waals surface area contributed by atoms with Gasteiger partial charge in [-0.3, -0.25) is 4.79 Å². The van der Waals surface area contributed by atoms with Crippen molar-refractivity contribution >= 4 is 17.2 Å². The fraction of sp³-hybridized carbons (Fsp3) is 0.643. The van der Waals surface area contributed by atoms with Gasteiger partial charge in [0.15, 0.2) is 0 Å². The molecule has 1 aliphatic rings. The average molecular weight is 266 g/mol. The Kier molecular flexibility index (Phi) is 4.40. The maximum absolute atomic E-state index is 12.5. The van der Waals surface area contributed by atoms with Crippen LogP contribution >= 0.6 is 11.3 Å². The van der Waals surface area contributed by atoms with E-state index in [1.165, 1.54) is 4.88 Å². The summed E-state index contributed by atoms with van der Waals surface area (Å²) in [5.74, 6) is 0.207. The van der Waals surface area contributed by atoms with Crippen LogP contribution in [0.5, 0.6) is 0 Å². The smallest absolute Gasteiger partial charge is 0.227 e. The highest BCUT2D eigenvalue weighted by Crippen LogP contribution is 2.31. The molecule has 1 aromatic heterocycles. The monoisotopic (exact) mass is 266 g/mol. The zero-order valence-corrected chi connectivity index (χ0v) is 12.0. The van der Waals surface area contributed by atoms with E-state index in [1.54, 1.807) is 11.3 Å². The van der Waals surface area contributed by atoms with E-state index in [1.807, 2.05) is 6.07 Å². The highest BCUT2D eigenvalue weighted by atomic mass is 32.1. The van der Waals surface area contributed by atoms with Crippen molar-refractivity contribution in [3.8, 4) is 0 Å². The molecule has 18 heavy (non-hydrogen) atoms. The number of hydrogen-bond acceptors (Lipinski definition) is 3. The number of carbonyl (C=O) groups excluding carboxylic acids is 1. The van der Waals surface area contributed by atoms with Crippen molar-refractivity contribution in [1.82, 2.24) is 10.6 Å². The fourth-order valence-corrected chi connectivity index (χ4v) is 3.32. The minimum Gasteiger partial charge on any atom is -0.348 e. The summed E-state index contributed by atoms with van der Waals surface area (Å²) >= 11 is 1.70. The molecule has 1 aliphatic heterocycles. The van der Waals surface area contributed by atoms with E-state index < -0.39 is 0 Å². The number of amides is 1. The summed E-state index contributed by atoms with van der Waals surface area (Å²) in [4.78, 5) is 13.7. The van der Waals surface area contributed by atoms with E-state index >= 15 is 0 Å². The van der Waals surface area contributed by atoms with Crippen LogP contribution in [0.4, 0.5) is 0 Å². The van der Waals surface area contributed by atoms with Crippen molar-refractivity contribution in [2.75, 3.05) is 13.1 Å². The first kappa shape index (κ1) is 13.6. The van der Waals surface area contributed by atoms with Gasteiger partial charge in [-0.25, -0.2) is 0 Å². The Morgan fingerprint density at radius 3 is 3.06 bits per heavy atom. The number of rotatable bonds is 4. The predicted octanol–water partition coefficient (Wildman–Crippen LogP) is 2.71. The summed E-state index contributed by atoms with van der Waals surface area (Å²) in [6.07, 6.45) is 3.00. The molecular weight excluding hydrogens is 244 g/mol. The van der Waals surface area contributed by atoms with Crippen LogP contribution < -0.4 is 10.6 Å². The molecule has 2 rings (SSSR count). The molecule has 1 saturated heterocycles. The third kappa shape index (κ3) is 2.75. The van der Waals surface area contributed by atoms with Crippen LogP contribution in [0.2, 0.25) is 0 Å². The molecule has 0 saturated carbocycles. The van der Waals surface area contributed by atoms with Gasteiger partial charge in [0.05, 0.1) is 11.5 Å². The van der Waals surface area contributed by atoms with Crippen LogP contribution in [0, 0.1) is 5.41 Å². The molecular formula is C14H22N2OS. The van der Waals surface area contributed by atoms with Crippen LogP contribution in [-0.4, -0.2) is 19.0 Å². The summed E-state index contributed by atoms with van der Waals surface area (Å²) in [7, 11) is 0. The van der Waals surface area contributed by atoms with Crippen molar-refractivity contribution in [2.24, 2.45) is 5.41 Å². The molecule has 3 nitrogen and oxygen atoms in total. The van der Waals surface area contributed by atoms with Crippen LogP contribution in [0.1, 0.15) is 44.0 Å². The lowest BCUT2D eigenvalue weighted by Gasteiger charge is -2.36. The number of piperidine rings is 1. The molecule has 2 atom stereocenters. The normalized spacial score (nSPS) is 25.7. The van der Waals surface area contributed by atoms with E-state index in [-0.39, 0.29) is 17.4 Å². The molecule has 4 heteroatoms. The van der Waals surface area contributed by atoms with E-state index in [0.717, 1.165) is 32.4 Å². The molecule has 1 aromatic rings. The minimum atomic E-state index is -0.205. The van der Waals surface area contributed by atoms with Crippen molar-refractivity contribution in [3.63, 3.8) is 0 Å². The molecule has 0 aromatic carbocycles. The van der Waals surface area contributed by atoms with E-state index in [4.69, 9.17) is 0 Å². The Balaban J connectivity index is 2.01. The zero-order chi connectivity index (χ0) is 13.0. The second-order valence-corrected chi connectivity index (χ2v) is 6.10. The molecule has 0 radical (unpaired) electrons. The highest BCUT2D eigenvalue weighted by Gasteiger charge is 2.38. The molecule has 2 heterocycles. The second-order valence-electron chi connectivity index (χ2n) is 5.12. The first-order valence-corrected chi connectivity index (χ1v) is 7.61. The minimum absolute atomic E-state index is 0.114. The third-order valence-electron chi connectivity index (χ3n) is 3.95. The van der Waals surface area contributed by atoms with Crippen molar-refractivity contribution < 1.29 is 4.79 Å². The number of hydrogen-bond donors (Lipinski definition) is 2. The van der Waals surface area contributed by atoms with Gasteiger partial charge in [0, 0.05) is 11.4 Å². The Bertz CT molecular complexity index is 383. The van der Waals surface area contributed by atoms with Crippen LogP contribution in [-0.2, 0) is 4.79 Å². The third-order valence-corrected chi connectivity index (χ3v) is 5.00. The Morgan fingerprint density at radius 1 is 1.67 bits per heavy atom. The molecule has 1 amide bonds. The van der Waals surface area contributed by atoms with Gasteiger partial charge in [0.2, 0.25) is 5.91 Å². The zero-order valence-electron chi connectivity index (χ0n) is 11.2. The quantitative estimate of drug-likeness (QED) is 0.880. The van der Waals surface area contributed by atoms with E-state index in [0.29, 0.717) is 0 Å². The maximum Gasteiger partial charge on any atom is 0.227 e. The van der Waals surface area contributed by atoms with Gasteiger partial charge >= 0.3 is 0 Å². The SMILES string of the molecule is CCC1(C(=O)NC(C)c2cccs2)CCCNC1. The van der Waals surface area contributed by atoms with E-state index in [9.17, 15) is 4.79 Å². The molecule has 1 fully saturated rings. The topological polar surface area (TPSA) is 41.1 Å². The summed E-state index contributed by atoms with van der Waals surface area (Å²) in [5, 5.41) is 8.58. The van der Waals surface area contributed by atoms with Crippen LogP contribution in [0.25, 0.3) is 0 Å². The Labute approximate surface area is 113 Å². The van der Waals surface area contributed by atoms with Gasteiger partial charge in [0.1, 0.15) is 0 Å². The predicted molar refractivity (Wildman–Crippen MR) is 75.7 cm³/mol.